The highest BCUT2D eigenvalue weighted by molar-refractivity contribution is 5.84. The van der Waals surface area contributed by atoms with E-state index in [-0.39, 0.29) is 0 Å². The van der Waals surface area contributed by atoms with Gasteiger partial charge in [0.1, 0.15) is 0 Å². The van der Waals surface area contributed by atoms with Crippen molar-refractivity contribution in [2.45, 2.75) is 93.4 Å². The molecule has 2 rings (SSSR count). The molecule has 0 amide bonds. The first-order valence-electron chi connectivity index (χ1n) is 11.5. The van der Waals surface area contributed by atoms with Crippen LogP contribution in [0.5, 0.6) is 0 Å². The maximum atomic E-state index is 2.52. The Morgan fingerprint density at radius 3 is 1.07 bits per heavy atom. The minimum Gasteiger partial charge on any atom is -0.365 e. The summed E-state index contributed by atoms with van der Waals surface area (Å²) in [5.74, 6) is 0. The van der Waals surface area contributed by atoms with E-state index in [1.807, 2.05) is 0 Å². The Labute approximate surface area is 185 Å². The van der Waals surface area contributed by atoms with Crippen molar-refractivity contribution in [2.24, 2.45) is 0 Å². The fourth-order valence-corrected chi connectivity index (χ4v) is 4.68. The number of hydrogen-bond donors (Lipinski definition) is 0. The van der Waals surface area contributed by atoms with Crippen LogP contribution in [-0.4, -0.2) is 31.2 Å². The van der Waals surface area contributed by atoms with E-state index >= 15 is 0 Å². The van der Waals surface area contributed by atoms with Gasteiger partial charge in [-0.25, -0.2) is 0 Å². The number of nitrogens with zero attached hydrogens (tertiary/aromatic N) is 3. The molecule has 0 atom stereocenters. The second kappa shape index (κ2) is 9.76. The van der Waals surface area contributed by atoms with E-state index in [0.29, 0.717) is 24.2 Å². The van der Waals surface area contributed by atoms with Gasteiger partial charge in [0.25, 0.3) is 0 Å². The van der Waals surface area contributed by atoms with Crippen molar-refractivity contribution in [3.8, 4) is 0 Å². The van der Waals surface area contributed by atoms with Crippen molar-refractivity contribution < 1.29 is 0 Å². The second-order valence-corrected chi connectivity index (χ2v) is 9.73. The average Bonchev–Trinajstić information content (AvgIpc) is 2.62. The fraction of sp³-hybridized carbons (Fsp3) is 0.556. The lowest BCUT2D eigenvalue weighted by Gasteiger charge is -2.39. The van der Waals surface area contributed by atoms with E-state index in [9.17, 15) is 0 Å². The Balaban J connectivity index is 2.71. The third-order valence-electron chi connectivity index (χ3n) is 5.77. The fourth-order valence-electron chi connectivity index (χ4n) is 4.68. The van der Waals surface area contributed by atoms with Crippen LogP contribution in [0, 0.1) is 13.8 Å². The predicted octanol–water partition coefficient (Wildman–Crippen LogP) is 7.32. The molecule has 30 heavy (non-hydrogen) atoms. The van der Waals surface area contributed by atoms with E-state index in [2.05, 4.69) is 127 Å². The van der Waals surface area contributed by atoms with Gasteiger partial charge in [0.2, 0.25) is 0 Å². The van der Waals surface area contributed by atoms with Crippen molar-refractivity contribution in [1.29, 1.82) is 0 Å². The van der Waals surface area contributed by atoms with Crippen LogP contribution in [0.25, 0.3) is 0 Å². The van der Waals surface area contributed by atoms with Crippen LogP contribution in [0.15, 0.2) is 36.4 Å². The smallest absolute Gasteiger partial charge is 0.0649 e. The summed E-state index contributed by atoms with van der Waals surface area (Å²) in [6.45, 7) is 22.6. The summed E-state index contributed by atoms with van der Waals surface area (Å²) in [6.07, 6.45) is 0. The maximum absolute atomic E-state index is 2.52. The molecular weight excluding hydrogens is 366 g/mol. The van der Waals surface area contributed by atoms with Gasteiger partial charge in [-0.2, -0.15) is 0 Å². The summed E-state index contributed by atoms with van der Waals surface area (Å²) in [6, 6.07) is 15.4. The van der Waals surface area contributed by atoms with E-state index in [4.69, 9.17) is 0 Å². The first-order valence-corrected chi connectivity index (χ1v) is 11.5. The van der Waals surface area contributed by atoms with E-state index in [0.717, 1.165) is 0 Å². The zero-order valence-corrected chi connectivity index (χ0v) is 21.1. The molecule has 0 aliphatic rings. The second-order valence-electron chi connectivity index (χ2n) is 9.73. The molecule has 0 saturated carbocycles. The standard InChI is InChI=1S/C27H43N3/c1-18(2)29(19(3)4)24-14-12-22(9)16-26(24)28(11)27-17-23(10)13-15-25(27)30(20(5)6)21(7)8/h12-21H,1-11H3. The molecule has 0 aliphatic heterocycles. The van der Waals surface area contributed by atoms with Crippen molar-refractivity contribution in [2.75, 3.05) is 21.7 Å². The molecule has 0 fully saturated rings. The highest BCUT2D eigenvalue weighted by Crippen LogP contribution is 2.41. The monoisotopic (exact) mass is 409 g/mol. The van der Waals surface area contributed by atoms with Crippen molar-refractivity contribution in [1.82, 2.24) is 0 Å². The topological polar surface area (TPSA) is 9.72 Å². The van der Waals surface area contributed by atoms with Crippen LogP contribution < -0.4 is 14.7 Å². The lowest BCUT2D eigenvalue weighted by atomic mass is 10.1. The van der Waals surface area contributed by atoms with Gasteiger partial charge in [0, 0.05) is 31.2 Å². The summed E-state index contributed by atoms with van der Waals surface area (Å²) >= 11 is 0. The molecule has 0 aliphatic carbocycles. The molecule has 2 aromatic carbocycles. The van der Waals surface area contributed by atoms with E-state index < -0.39 is 0 Å². The first-order chi connectivity index (χ1) is 14.0. The minimum atomic E-state index is 0.430. The number of benzene rings is 2. The molecule has 0 heterocycles. The number of hydrogen-bond acceptors (Lipinski definition) is 3. The number of anilines is 4. The predicted molar refractivity (Wildman–Crippen MR) is 136 cm³/mol. The first kappa shape index (κ1) is 24.1. The van der Waals surface area contributed by atoms with Gasteiger partial charge < -0.3 is 14.7 Å². The number of aryl methyl sites for hydroxylation is 2. The van der Waals surface area contributed by atoms with Crippen molar-refractivity contribution >= 4 is 22.7 Å². The van der Waals surface area contributed by atoms with Gasteiger partial charge in [-0.1, -0.05) is 12.1 Å². The normalized spacial score (nSPS) is 11.7. The summed E-state index contributed by atoms with van der Waals surface area (Å²) in [5.41, 5.74) is 7.68. The zero-order chi connectivity index (χ0) is 22.7. The van der Waals surface area contributed by atoms with E-state index in [1.54, 1.807) is 0 Å². The lowest BCUT2D eigenvalue weighted by Crippen LogP contribution is -2.39. The molecule has 0 saturated heterocycles. The maximum Gasteiger partial charge on any atom is 0.0649 e. The van der Waals surface area contributed by atoms with Gasteiger partial charge in [0.15, 0.2) is 0 Å². The average molecular weight is 410 g/mol. The van der Waals surface area contributed by atoms with Gasteiger partial charge in [-0.05, 0) is 105 Å². The van der Waals surface area contributed by atoms with Crippen LogP contribution in [0.1, 0.15) is 66.5 Å². The molecule has 2 aromatic rings. The molecule has 0 bridgehead atoms. The van der Waals surface area contributed by atoms with Crippen LogP contribution in [-0.2, 0) is 0 Å². The van der Waals surface area contributed by atoms with Gasteiger partial charge in [-0.15, -0.1) is 0 Å². The molecule has 0 N–H and O–H groups in total. The SMILES string of the molecule is Cc1ccc(N(C(C)C)C(C)C)c(N(C)c2cc(C)ccc2N(C(C)C)C(C)C)c1. The Hall–Kier alpha value is -2.16. The number of rotatable bonds is 8. The highest BCUT2D eigenvalue weighted by Gasteiger charge is 2.24. The van der Waals surface area contributed by atoms with Crippen LogP contribution in [0.3, 0.4) is 0 Å². The third kappa shape index (κ3) is 5.11. The largest absolute Gasteiger partial charge is 0.365 e. The molecule has 0 radical (unpaired) electrons. The minimum absolute atomic E-state index is 0.430. The van der Waals surface area contributed by atoms with Gasteiger partial charge >= 0.3 is 0 Å². The van der Waals surface area contributed by atoms with Crippen LogP contribution in [0.2, 0.25) is 0 Å². The van der Waals surface area contributed by atoms with Crippen molar-refractivity contribution in [3.63, 3.8) is 0 Å². The Morgan fingerprint density at radius 1 is 0.500 bits per heavy atom. The quantitative estimate of drug-likeness (QED) is 0.452. The third-order valence-corrected chi connectivity index (χ3v) is 5.77. The molecule has 0 unspecified atom stereocenters. The van der Waals surface area contributed by atoms with Gasteiger partial charge in [0.05, 0.1) is 22.7 Å². The molecule has 0 spiro atoms. The molecule has 166 valence electrons. The summed E-state index contributed by atoms with van der Waals surface area (Å²) in [4.78, 5) is 7.42. The molecule has 3 nitrogen and oxygen atoms in total. The van der Waals surface area contributed by atoms with E-state index in [1.165, 1.54) is 33.9 Å². The van der Waals surface area contributed by atoms with Crippen molar-refractivity contribution in [3.05, 3.63) is 47.5 Å². The highest BCUT2D eigenvalue weighted by atomic mass is 15.2. The Kier molecular flexibility index (Phi) is 7.85. The molecular formula is C27H43N3. The van der Waals surface area contributed by atoms with Gasteiger partial charge in [-0.3, -0.25) is 0 Å². The zero-order valence-electron chi connectivity index (χ0n) is 21.1. The lowest BCUT2D eigenvalue weighted by molar-refractivity contribution is 0.606. The summed E-state index contributed by atoms with van der Waals surface area (Å²) < 4.78 is 0. The molecule has 3 heteroatoms. The summed E-state index contributed by atoms with van der Waals surface area (Å²) in [5, 5.41) is 0. The Morgan fingerprint density at radius 2 is 0.800 bits per heavy atom. The van der Waals surface area contributed by atoms with Crippen LogP contribution in [0.4, 0.5) is 22.7 Å². The summed E-state index contributed by atoms with van der Waals surface area (Å²) in [7, 11) is 2.22. The van der Waals surface area contributed by atoms with Crippen LogP contribution >= 0.6 is 0 Å². The Bertz CT molecular complexity index is 750. The molecule has 0 aromatic heterocycles.